The van der Waals surface area contributed by atoms with Crippen molar-refractivity contribution in [1.82, 2.24) is 9.47 Å². The van der Waals surface area contributed by atoms with E-state index >= 15 is 0 Å². The lowest BCUT2D eigenvalue weighted by Crippen LogP contribution is -2.36. The molecule has 1 amide bonds. The molecule has 1 saturated heterocycles. The zero-order chi connectivity index (χ0) is 14.3. The van der Waals surface area contributed by atoms with Crippen molar-refractivity contribution in [3.8, 4) is 0 Å². The van der Waals surface area contributed by atoms with Crippen LogP contribution in [0.5, 0.6) is 0 Å². The van der Waals surface area contributed by atoms with Gasteiger partial charge in [0.15, 0.2) is 0 Å². The minimum Gasteiger partial charge on any atom is -0.339 e. The number of hydrogen-bond acceptors (Lipinski definition) is 3. The quantitative estimate of drug-likeness (QED) is 0.810. The van der Waals surface area contributed by atoms with Gasteiger partial charge in [0, 0.05) is 35.9 Å². The molecule has 3 heterocycles. The number of amides is 1. The van der Waals surface area contributed by atoms with Gasteiger partial charge in [-0.2, -0.15) is 0 Å². The van der Waals surface area contributed by atoms with Crippen molar-refractivity contribution >= 4 is 27.3 Å². The van der Waals surface area contributed by atoms with Crippen molar-refractivity contribution in [3.63, 3.8) is 0 Å². The summed E-state index contributed by atoms with van der Waals surface area (Å²) in [7, 11) is 1.73. The number of piperidine rings is 1. The summed E-state index contributed by atoms with van der Waals surface area (Å²) in [6.07, 6.45) is 5.07. The first-order chi connectivity index (χ1) is 9.59. The van der Waals surface area contributed by atoms with Crippen LogP contribution in [0.15, 0.2) is 17.1 Å². The van der Waals surface area contributed by atoms with Gasteiger partial charge < -0.3 is 9.47 Å². The molecule has 0 N–H and O–H groups in total. The van der Waals surface area contributed by atoms with Gasteiger partial charge in [0.05, 0.1) is 10.9 Å². The lowest BCUT2D eigenvalue weighted by Gasteiger charge is -2.26. The number of aryl methyl sites for hydroxylation is 2. The van der Waals surface area contributed by atoms with Crippen molar-refractivity contribution in [2.75, 3.05) is 13.1 Å². The van der Waals surface area contributed by atoms with E-state index in [0.29, 0.717) is 10.9 Å². The lowest BCUT2D eigenvalue weighted by molar-refractivity contribution is 0.0726. The Bertz CT molecular complexity index is 723. The summed E-state index contributed by atoms with van der Waals surface area (Å²) in [4.78, 5) is 27.9. The molecule has 1 aliphatic rings. The van der Waals surface area contributed by atoms with Crippen LogP contribution in [0.1, 0.15) is 34.5 Å². The van der Waals surface area contributed by atoms with E-state index in [1.165, 1.54) is 17.8 Å². The smallest absolute Gasteiger partial charge is 0.259 e. The molecule has 0 spiro atoms. The number of carbonyl (C=O) groups is 1. The lowest BCUT2D eigenvalue weighted by atomic mass is 10.1. The van der Waals surface area contributed by atoms with E-state index in [0.717, 1.165) is 35.5 Å². The third-order valence-electron chi connectivity index (χ3n) is 3.95. The molecule has 2 aromatic rings. The standard InChI is InChI=1S/C15H18N2O2S/c1-10-12(15(19)17-7-4-3-5-8-17)13-11(20-10)6-9-16(2)14(13)18/h6,9H,3-5,7-8H2,1-2H3. The van der Waals surface area contributed by atoms with E-state index in [9.17, 15) is 9.59 Å². The first-order valence-electron chi connectivity index (χ1n) is 6.97. The van der Waals surface area contributed by atoms with Crippen LogP contribution >= 0.6 is 11.3 Å². The Kier molecular flexibility index (Phi) is 3.38. The van der Waals surface area contributed by atoms with Crippen LogP contribution in [-0.2, 0) is 7.05 Å². The third kappa shape index (κ3) is 2.06. The molecule has 106 valence electrons. The fourth-order valence-corrected chi connectivity index (χ4v) is 3.87. The Balaban J connectivity index is 2.15. The Morgan fingerprint density at radius 1 is 1.25 bits per heavy atom. The van der Waals surface area contributed by atoms with Gasteiger partial charge >= 0.3 is 0 Å². The van der Waals surface area contributed by atoms with Crippen molar-refractivity contribution in [3.05, 3.63) is 33.1 Å². The number of nitrogens with zero attached hydrogens (tertiary/aromatic N) is 2. The number of rotatable bonds is 1. The molecule has 0 bridgehead atoms. The Hall–Kier alpha value is -1.62. The summed E-state index contributed by atoms with van der Waals surface area (Å²) in [5, 5.41) is 0.591. The SMILES string of the molecule is Cc1sc2ccn(C)c(=O)c2c1C(=O)N1CCCCC1. The van der Waals surface area contributed by atoms with E-state index in [2.05, 4.69) is 0 Å². The zero-order valence-electron chi connectivity index (χ0n) is 11.8. The Labute approximate surface area is 121 Å². The molecule has 4 nitrogen and oxygen atoms in total. The molecular formula is C15H18N2O2S. The predicted molar refractivity (Wildman–Crippen MR) is 81.6 cm³/mol. The number of pyridine rings is 1. The molecule has 0 unspecified atom stereocenters. The van der Waals surface area contributed by atoms with Crippen molar-refractivity contribution in [1.29, 1.82) is 0 Å². The first-order valence-corrected chi connectivity index (χ1v) is 7.79. The van der Waals surface area contributed by atoms with Crippen LogP contribution in [0.25, 0.3) is 10.1 Å². The van der Waals surface area contributed by atoms with Crippen LogP contribution in [0.3, 0.4) is 0 Å². The number of fused-ring (bicyclic) bond motifs is 1. The van der Waals surface area contributed by atoms with Gasteiger partial charge in [-0.1, -0.05) is 0 Å². The van der Waals surface area contributed by atoms with Crippen LogP contribution in [0.2, 0.25) is 0 Å². The van der Waals surface area contributed by atoms with Crippen LogP contribution in [0.4, 0.5) is 0 Å². The highest BCUT2D eigenvalue weighted by atomic mass is 32.1. The van der Waals surface area contributed by atoms with Crippen molar-refractivity contribution in [2.45, 2.75) is 26.2 Å². The van der Waals surface area contributed by atoms with Crippen LogP contribution in [0, 0.1) is 6.92 Å². The minimum absolute atomic E-state index is 0.0248. The third-order valence-corrected chi connectivity index (χ3v) is 5.02. The maximum Gasteiger partial charge on any atom is 0.259 e. The zero-order valence-corrected chi connectivity index (χ0v) is 12.6. The summed E-state index contributed by atoms with van der Waals surface area (Å²) in [5.41, 5.74) is 0.542. The molecule has 1 aliphatic heterocycles. The summed E-state index contributed by atoms with van der Waals surface area (Å²) >= 11 is 1.53. The van der Waals surface area contributed by atoms with E-state index < -0.39 is 0 Å². The monoisotopic (exact) mass is 290 g/mol. The van der Waals surface area contributed by atoms with Gasteiger partial charge in [0.2, 0.25) is 0 Å². The number of hydrogen-bond donors (Lipinski definition) is 0. The number of thiophene rings is 1. The maximum absolute atomic E-state index is 12.7. The second kappa shape index (κ2) is 5.05. The minimum atomic E-state index is -0.0767. The van der Waals surface area contributed by atoms with Gasteiger partial charge in [0.1, 0.15) is 0 Å². The van der Waals surface area contributed by atoms with Crippen molar-refractivity contribution < 1.29 is 4.79 Å². The molecule has 0 atom stereocenters. The van der Waals surface area contributed by atoms with Crippen molar-refractivity contribution in [2.24, 2.45) is 7.05 Å². The molecule has 0 aliphatic carbocycles. The molecule has 0 aromatic carbocycles. The van der Waals surface area contributed by atoms with E-state index in [1.54, 1.807) is 17.8 Å². The highest BCUT2D eigenvalue weighted by Crippen LogP contribution is 2.29. The predicted octanol–water partition coefficient (Wildman–Crippen LogP) is 2.53. The first kappa shape index (κ1) is 13.4. The normalized spacial score (nSPS) is 15.8. The largest absolute Gasteiger partial charge is 0.339 e. The Morgan fingerprint density at radius 2 is 1.95 bits per heavy atom. The number of likely N-dealkylation sites (tertiary alicyclic amines) is 1. The molecule has 0 saturated carbocycles. The summed E-state index contributed by atoms with van der Waals surface area (Å²) in [6, 6.07) is 1.92. The Morgan fingerprint density at radius 3 is 2.65 bits per heavy atom. The average molecular weight is 290 g/mol. The molecule has 3 rings (SSSR count). The average Bonchev–Trinajstić information content (AvgIpc) is 2.80. The molecule has 2 aromatic heterocycles. The second-order valence-electron chi connectivity index (χ2n) is 5.36. The van der Waals surface area contributed by atoms with E-state index in [-0.39, 0.29) is 11.5 Å². The molecule has 1 fully saturated rings. The topological polar surface area (TPSA) is 42.3 Å². The summed E-state index contributed by atoms with van der Waals surface area (Å²) < 4.78 is 2.45. The fraction of sp³-hybridized carbons (Fsp3) is 0.467. The highest BCUT2D eigenvalue weighted by molar-refractivity contribution is 7.19. The van der Waals surface area contributed by atoms with E-state index in [4.69, 9.17) is 0 Å². The molecule has 5 heteroatoms. The highest BCUT2D eigenvalue weighted by Gasteiger charge is 2.25. The molecule has 20 heavy (non-hydrogen) atoms. The van der Waals surface area contributed by atoms with Gasteiger partial charge in [-0.15, -0.1) is 11.3 Å². The van der Waals surface area contributed by atoms with Gasteiger partial charge in [-0.25, -0.2) is 0 Å². The summed E-state index contributed by atoms with van der Waals surface area (Å²) in [6.45, 7) is 3.55. The molecular weight excluding hydrogens is 272 g/mol. The van der Waals surface area contributed by atoms with Gasteiger partial charge in [-0.3, -0.25) is 9.59 Å². The fourth-order valence-electron chi connectivity index (χ4n) is 2.83. The van der Waals surface area contributed by atoms with Crippen LogP contribution in [-0.4, -0.2) is 28.5 Å². The molecule has 0 radical (unpaired) electrons. The van der Waals surface area contributed by atoms with Gasteiger partial charge in [-0.05, 0) is 32.3 Å². The van der Waals surface area contributed by atoms with Gasteiger partial charge in [0.25, 0.3) is 11.5 Å². The number of aromatic nitrogens is 1. The van der Waals surface area contributed by atoms with E-state index in [1.807, 2.05) is 17.9 Å². The second-order valence-corrected chi connectivity index (χ2v) is 6.61. The maximum atomic E-state index is 12.7. The number of carbonyl (C=O) groups excluding carboxylic acids is 1. The summed E-state index contributed by atoms with van der Waals surface area (Å²) in [5.74, 6) is 0.0248. The van der Waals surface area contributed by atoms with Crippen LogP contribution < -0.4 is 5.56 Å².